The molecule has 0 saturated heterocycles. The maximum Gasteiger partial charge on any atom is 0.321 e. The smallest absolute Gasteiger partial charge is 0.321 e. The number of nitrogens with one attached hydrogen (secondary N) is 1. The van der Waals surface area contributed by atoms with E-state index >= 15 is 0 Å². The predicted octanol–water partition coefficient (Wildman–Crippen LogP) is 9.99. The van der Waals surface area contributed by atoms with Crippen LogP contribution < -0.4 is 10.1 Å². The fraction of sp³-hybridized carbons (Fsp3) is 0.542. The Hall–Kier alpha value is -4.08. The van der Waals surface area contributed by atoms with Crippen LogP contribution in [0.3, 0.4) is 0 Å². The molecule has 304 valence electrons. The maximum atomic E-state index is 14.6. The van der Waals surface area contributed by atoms with Gasteiger partial charge in [0.25, 0.3) is 0 Å². The summed E-state index contributed by atoms with van der Waals surface area (Å²) in [6.07, 6.45) is 12.7. The van der Waals surface area contributed by atoms with Crippen LogP contribution in [0.4, 0.5) is 19.3 Å². The summed E-state index contributed by atoms with van der Waals surface area (Å²) in [7, 11) is 1.61. The van der Waals surface area contributed by atoms with Crippen molar-refractivity contribution in [3.8, 4) is 5.75 Å². The number of ketones is 1. The Balaban J connectivity index is 1.18. The van der Waals surface area contributed by atoms with Crippen molar-refractivity contribution in [2.75, 3.05) is 25.5 Å². The number of hydrogen-bond acceptors (Lipinski definition) is 5. The number of carbonyl (C=O) groups is 2. The average molecular weight is 781 g/mol. The molecule has 7 aliphatic carbocycles. The molecular weight excluding hydrogens is 723 g/mol. The summed E-state index contributed by atoms with van der Waals surface area (Å²) < 4.78 is 33.9. The van der Waals surface area contributed by atoms with E-state index in [1.54, 1.807) is 13.2 Å². The number of rotatable bonds is 8. The second kappa shape index (κ2) is 15.6. The molecule has 6 bridgehead atoms. The number of nitrogens with zero attached hydrogens (tertiary/aromatic N) is 1. The molecule has 7 aliphatic rings. The zero-order valence-corrected chi connectivity index (χ0v) is 33.7. The van der Waals surface area contributed by atoms with E-state index in [0.29, 0.717) is 86.2 Å². The van der Waals surface area contributed by atoms with Crippen molar-refractivity contribution in [2.45, 2.75) is 115 Å². The number of urea groups is 1. The average Bonchev–Trinajstić information content (AvgIpc) is 3.42. The van der Waals surface area contributed by atoms with Crippen LogP contribution >= 0.6 is 0 Å². The molecule has 0 aromatic heterocycles. The van der Waals surface area contributed by atoms with E-state index in [0.717, 1.165) is 42.5 Å². The van der Waals surface area contributed by atoms with Gasteiger partial charge in [-0.25, -0.2) is 13.6 Å². The number of fused-ring (bicyclic) bond motifs is 8. The number of halogens is 2. The number of benzene rings is 3. The zero-order valence-electron chi connectivity index (χ0n) is 33.7. The first-order valence-electron chi connectivity index (χ1n) is 21.1. The first-order valence-corrected chi connectivity index (χ1v) is 21.1. The second-order valence-corrected chi connectivity index (χ2v) is 18.8. The monoisotopic (exact) mass is 780 g/mol. The molecule has 2 amide bonds. The number of carbonyl (C=O) groups excluding carboxylic acids is 2. The van der Waals surface area contributed by atoms with Gasteiger partial charge in [-0.1, -0.05) is 30.7 Å². The van der Waals surface area contributed by atoms with Crippen molar-refractivity contribution in [1.82, 2.24) is 4.90 Å². The van der Waals surface area contributed by atoms with Crippen molar-refractivity contribution in [3.05, 3.63) is 106 Å². The van der Waals surface area contributed by atoms with Gasteiger partial charge >= 0.3 is 6.03 Å². The Morgan fingerprint density at radius 1 is 0.895 bits per heavy atom. The Morgan fingerprint density at radius 3 is 2.26 bits per heavy atom. The number of hydrogen-bond donors (Lipinski definition) is 3. The molecule has 0 spiro atoms. The van der Waals surface area contributed by atoms with Gasteiger partial charge in [-0.2, -0.15) is 0 Å². The van der Waals surface area contributed by atoms with Crippen molar-refractivity contribution in [3.63, 3.8) is 0 Å². The zero-order chi connectivity index (χ0) is 40.1. The van der Waals surface area contributed by atoms with Crippen LogP contribution in [-0.2, 0) is 6.42 Å². The molecule has 10 rings (SSSR count). The quantitative estimate of drug-likeness (QED) is 0.156. The van der Waals surface area contributed by atoms with E-state index in [9.17, 15) is 28.6 Å². The largest absolute Gasteiger partial charge is 0.497 e. The normalized spacial score (nSPS) is 32.0. The summed E-state index contributed by atoms with van der Waals surface area (Å²) in [5, 5.41) is 27.5. The third kappa shape index (κ3) is 7.91. The highest BCUT2D eigenvalue weighted by molar-refractivity contribution is 6.10. The molecule has 4 atom stereocenters. The highest BCUT2D eigenvalue weighted by atomic mass is 19.2. The van der Waals surface area contributed by atoms with Crippen molar-refractivity contribution in [1.29, 1.82) is 0 Å². The third-order valence-electron chi connectivity index (χ3n) is 14.9. The molecule has 3 aromatic carbocycles. The van der Waals surface area contributed by atoms with Gasteiger partial charge in [-0.15, -0.1) is 0 Å². The molecule has 9 heteroatoms. The van der Waals surface area contributed by atoms with Gasteiger partial charge in [-0.3, -0.25) is 4.79 Å². The molecule has 3 N–H and O–H groups in total. The van der Waals surface area contributed by atoms with Gasteiger partial charge in [0.15, 0.2) is 17.4 Å². The summed E-state index contributed by atoms with van der Waals surface area (Å²) in [4.78, 5) is 30.9. The number of ether oxygens (including phenoxy) is 1. The van der Waals surface area contributed by atoms with Crippen LogP contribution in [0, 0.1) is 40.2 Å². The van der Waals surface area contributed by atoms with E-state index < -0.39 is 34.5 Å². The lowest BCUT2D eigenvalue weighted by Gasteiger charge is -2.58. The summed E-state index contributed by atoms with van der Waals surface area (Å²) in [6.45, 7) is 4.93. The first-order chi connectivity index (χ1) is 27.2. The molecule has 7 nitrogen and oxygen atoms in total. The minimum absolute atomic E-state index is 0.0226. The predicted molar refractivity (Wildman–Crippen MR) is 217 cm³/mol. The van der Waals surface area contributed by atoms with Crippen LogP contribution in [0.15, 0.2) is 72.3 Å². The molecular formula is C48H58F2N2O5. The molecule has 0 heterocycles. The van der Waals surface area contributed by atoms with Gasteiger partial charge in [0.2, 0.25) is 0 Å². The molecule has 0 radical (unpaired) electrons. The molecule has 5 saturated carbocycles. The number of allylic oxidation sites excluding steroid dienone is 2. The van der Waals surface area contributed by atoms with Gasteiger partial charge in [0.05, 0.1) is 25.4 Å². The Kier molecular flexibility index (Phi) is 10.9. The third-order valence-corrected chi connectivity index (χ3v) is 14.9. The maximum absolute atomic E-state index is 14.6. The SMILES string of the molecule is COc1ccc(NC(=O)N(CC23CC4CC(CC(C4)C2)C3)CC2(O)CCC3c4ccc(cc4C(=O)c4ccc(F)c(F)c4)CC(O)CCC(C)=CCCC32C)cc1. The van der Waals surface area contributed by atoms with E-state index in [4.69, 9.17) is 4.74 Å². The number of anilines is 1. The van der Waals surface area contributed by atoms with Crippen molar-refractivity contribution < 1.29 is 33.3 Å². The van der Waals surface area contributed by atoms with Crippen LogP contribution in [0.25, 0.3) is 0 Å². The van der Waals surface area contributed by atoms with Crippen molar-refractivity contribution in [2.24, 2.45) is 28.6 Å². The first kappa shape index (κ1) is 39.7. The molecule has 57 heavy (non-hydrogen) atoms. The van der Waals surface area contributed by atoms with Crippen LogP contribution in [0.1, 0.15) is 124 Å². The van der Waals surface area contributed by atoms with Crippen LogP contribution in [0.2, 0.25) is 0 Å². The lowest BCUT2D eigenvalue weighted by Crippen LogP contribution is -2.58. The molecule has 3 aromatic rings. The molecule has 5 fully saturated rings. The van der Waals surface area contributed by atoms with Crippen molar-refractivity contribution >= 4 is 17.5 Å². The van der Waals surface area contributed by atoms with Crippen LogP contribution in [-0.4, -0.2) is 58.8 Å². The standard InChI is InChI=1S/C48H58F2N2O5/c1-30-5-4-17-46(2)41(39-14-7-31(22-37(53)11-6-30)23-40(39)44(54)35-8-15-42(49)43(50)24-35)16-18-48(46,56)29-52(45(55)51-36-9-12-38(57-3)13-10-36)28-47-25-32-19-33(26-47)21-34(20-32)27-47/h5,7-10,12-15,23-24,32-34,37,41,53,56H,4,6,11,16-22,25-29H2,1-3H3,(H,51,55). The summed E-state index contributed by atoms with van der Waals surface area (Å²) in [5.41, 5.74) is 1.70. The van der Waals surface area contributed by atoms with Gasteiger partial charge in [0.1, 0.15) is 5.75 Å². The van der Waals surface area contributed by atoms with Gasteiger partial charge < -0.3 is 25.2 Å². The summed E-state index contributed by atoms with van der Waals surface area (Å²) in [6, 6.07) is 16.0. The van der Waals surface area contributed by atoms with Crippen LogP contribution in [0.5, 0.6) is 5.75 Å². The van der Waals surface area contributed by atoms with Gasteiger partial charge in [-0.05, 0) is 179 Å². The summed E-state index contributed by atoms with van der Waals surface area (Å²) >= 11 is 0. The minimum Gasteiger partial charge on any atom is -0.497 e. The molecule has 0 aliphatic heterocycles. The fourth-order valence-corrected chi connectivity index (χ4v) is 12.3. The number of aliphatic hydroxyl groups is 2. The second-order valence-electron chi connectivity index (χ2n) is 18.8. The Bertz CT molecular complexity index is 2000. The Morgan fingerprint density at radius 2 is 1.60 bits per heavy atom. The fourth-order valence-electron chi connectivity index (χ4n) is 12.3. The van der Waals surface area contributed by atoms with E-state index in [2.05, 4.69) is 25.2 Å². The topological polar surface area (TPSA) is 99.1 Å². The highest BCUT2D eigenvalue weighted by Gasteiger charge is 2.59. The lowest BCUT2D eigenvalue weighted by atomic mass is 9.49. The Labute approximate surface area is 335 Å². The summed E-state index contributed by atoms with van der Waals surface area (Å²) in [5.74, 6) is -0.0382. The molecule has 4 unspecified atom stereocenters. The lowest BCUT2D eigenvalue weighted by molar-refractivity contribution is -0.0975. The van der Waals surface area contributed by atoms with E-state index in [1.807, 2.05) is 41.3 Å². The number of methoxy groups -OCH3 is 1. The van der Waals surface area contributed by atoms with E-state index in [1.165, 1.54) is 30.9 Å². The minimum atomic E-state index is -1.31. The number of aliphatic hydroxyl groups excluding tert-OH is 1. The van der Waals surface area contributed by atoms with Gasteiger partial charge in [0, 0.05) is 28.8 Å². The van der Waals surface area contributed by atoms with E-state index in [-0.39, 0.29) is 29.5 Å². The number of amides is 2. The highest BCUT2D eigenvalue weighted by Crippen LogP contribution is 2.62.